The first-order valence-electron chi connectivity index (χ1n) is 8.21. The second kappa shape index (κ2) is 7.81. The second-order valence-electron chi connectivity index (χ2n) is 6.36. The molecule has 0 aromatic heterocycles. The fourth-order valence-electron chi connectivity index (χ4n) is 3.59. The standard InChI is InChI=1S/C18H30N2O/c1-14(2)20-12-6-5-7-16(13-19-3)18(20)15-8-10-17(21-4)11-9-15/h8-11,14,16,18-19H,5-7,12-13H2,1-4H3. The lowest BCUT2D eigenvalue weighted by atomic mass is 9.88. The maximum absolute atomic E-state index is 5.30. The van der Waals surface area contributed by atoms with Gasteiger partial charge in [-0.1, -0.05) is 18.6 Å². The molecule has 1 aliphatic heterocycles. The molecule has 3 heteroatoms. The zero-order valence-electron chi connectivity index (χ0n) is 13.9. The van der Waals surface area contributed by atoms with Crippen molar-refractivity contribution < 1.29 is 4.74 Å². The number of hydrogen-bond donors (Lipinski definition) is 1. The van der Waals surface area contributed by atoms with Gasteiger partial charge in [-0.25, -0.2) is 0 Å². The highest BCUT2D eigenvalue weighted by atomic mass is 16.5. The van der Waals surface area contributed by atoms with Crippen LogP contribution in [-0.4, -0.2) is 38.2 Å². The van der Waals surface area contributed by atoms with Crippen molar-refractivity contribution in [2.24, 2.45) is 5.92 Å². The quantitative estimate of drug-likeness (QED) is 0.898. The van der Waals surface area contributed by atoms with Crippen LogP contribution in [0.4, 0.5) is 0 Å². The van der Waals surface area contributed by atoms with Gasteiger partial charge >= 0.3 is 0 Å². The summed E-state index contributed by atoms with van der Waals surface area (Å²) < 4.78 is 5.30. The van der Waals surface area contributed by atoms with Crippen LogP contribution in [-0.2, 0) is 0 Å². The molecular formula is C18H30N2O. The van der Waals surface area contributed by atoms with Gasteiger partial charge in [0.05, 0.1) is 7.11 Å². The molecule has 0 bridgehead atoms. The minimum Gasteiger partial charge on any atom is -0.497 e. The predicted octanol–water partition coefficient (Wildman–Crippen LogP) is 3.47. The number of hydrogen-bond acceptors (Lipinski definition) is 3. The van der Waals surface area contributed by atoms with E-state index in [-0.39, 0.29) is 0 Å². The Morgan fingerprint density at radius 1 is 1.24 bits per heavy atom. The molecule has 0 aliphatic carbocycles. The molecule has 1 saturated heterocycles. The van der Waals surface area contributed by atoms with E-state index in [1.54, 1.807) is 7.11 Å². The Morgan fingerprint density at radius 3 is 2.52 bits per heavy atom. The molecule has 1 aromatic carbocycles. The lowest BCUT2D eigenvalue weighted by molar-refractivity contribution is 0.118. The Morgan fingerprint density at radius 2 is 1.95 bits per heavy atom. The van der Waals surface area contributed by atoms with Crippen molar-refractivity contribution in [3.8, 4) is 5.75 Å². The highest BCUT2D eigenvalue weighted by Crippen LogP contribution is 2.36. The third kappa shape index (κ3) is 3.98. The van der Waals surface area contributed by atoms with Crippen molar-refractivity contribution in [3.05, 3.63) is 29.8 Å². The molecular weight excluding hydrogens is 260 g/mol. The molecule has 2 rings (SSSR count). The molecule has 1 N–H and O–H groups in total. The topological polar surface area (TPSA) is 24.5 Å². The SMILES string of the molecule is CNCC1CCCCN(C(C)C)C1c1ccc(OC)cc1. The largest absolute Gasteiger partial charge is 0.497 e. The average Bonchev–Trinajstić information content (AvgIpc) is 2.70. The van der Waals surface area contributed by atoms with Gasteiger partial charge < -0.3 is 10.1 Å². The van der Waals surface area contributed by atoms with E-state index >= 15 is 0 Å². The van der Waals surface area contributed by atoms with E-state index in [1.807, 2.05) is 0 Å². The van der Waals surface area contributed by atoms with Crippen LogP contribution in [0.1, 0.15) is 44.7 Å². The number of rotatable bonds is 5. The van der Waals surface area contributed by atoms with Crippen LogP contribution < -0.4 is 10.1 Å². The summed E-state index contributed by atoms with van der Waals surface area (Å²) in [6, 6.07) is 9.75. The highest BCUT2D eigenvalue weighted by molar-refractivity contribution is 5.30. The Labute approximate surface area is 129 Å². The third-order valence-corrected chi connectivity index (χ3v) is 4.63. The van der Waals surface area contributed by atoms with Crippen molar-refractivity contribution in [2.45, 2.75) is 45.2 Å². The van der Waals surface area contributed by atoms with Crippen molar-refractivity contribution in [3.63, 3.8) is 0 Å². The first kappa shape index (κ1) is 16.3. The van der Waals surface area contributed by atoms with Gasteiger partial charge in [-0.3, -0.25) is 4.90 Å². The summed E-state index contributed by atoms with van der Waals surface area (Å²) in [5.74, 6) is 1.61. The number of nitrogens with zero attached hydrogens (tertiary/aromatic N) is 1. The van der Waals surface area contributed by atoms with E-state index < -0.39 is 0 Å². The van der Waals surface area contributed by atoms with E-state index in [0.717, 1.165) is 12.3 Å². The number of benzene rings is 1. The molecule has 1 aromatic rings. The lowest BCUT2D eigenvalue weighted by Crippen LogP contribution is -2.40. The summed E-state index contributed by atoms with van der Waals surface area (Å²) in [7, 11) is 3.79. The molecule has 21 heavy (non-hydrogen) atoms. The van der Waals surface area contributed by atoms with Gasteiger partial charge in [-0.05, 0) is 70.4 Å². The molecule has 2 atom stereocenters. The Bertz CT molecular complexity index is 416. The van der Waals surface area contributed by atoms with Crippen LogP contribution in [0.3, 0.4) is 0 Å². The van der Waals surface area contributed by atoms with Crippen molar-refractivity contribution in [1.82, 2.24) is 10.2 Å². The maximum Gasteiger partial charge on any atom is 0.118 e. The summed E-state index contributed by atoms with van der Waals surface area (Å²) in [4.78, 5) is 2.68. The van der Waals surface area contributed by atoms with Crippen LogP contribution >= 0.6 is 0 Å². The van der Waals surface area contributed by atoms with Crippen LogP contribution in [0.5, 0.6) is 5.75 Å². The van der Waals surface area contributed by atoms with E-state index in [0.29, 0.717) is 18.0 Å². The zero-order chi connectivity index (χ0) is 15.2. The minimum atomic E-state index is 0.505. The van der Waals surface area contributed by atoms with Crippen molar-refractivity contribution in [1.29, 1.82) is 0 Å². The normalized spacial score (nSPS) is 24.0. The third-order valence-electron chi connectivity index (χ3n) is 4.63. The molecule has 1 fully saturated rings. The van der Waals surface area contributed by atoms with Gasteiger partial charge in [0.15, 0.2) is 0 Å². The van der Waals surface area contributed by atoms with Gasteiger partial charge in [-0.15, -0.1) is 0 Å². The smallest absolute Gasteiger partial charge is 0.118 e. The fraction of sp³-hybridized carbons (Fsp3) is 0.667. The van der Waals surface area contributed by atoms with Crippen LogP contribution in [0.2, 0.25) is 0 Å². The van der Waals surface area contributed by atoms with Crippen molar-refractivity contribution >= 4 is 0 Å². The van der Waals surface area contributed by atoms with Gasteiger partial charge in [0.1, 0.15) is 5.75 Å². The van der Waals surface area contributed by atoms with Gasteiger partial charge in [0, 0.05) is 12.1 Å². The highest BCUT2D eigenvalue weighted by Gasteiger charge is 2.31. The first-order chi connectivity index (χ1) is 10.2. The fourth-order valence-corrected chi connectivity index (χ4v) is 3.59. The van der Waals surface area contributed by atoms with Gasteiger partial charge in [-0.2, -0.15) is 0 Å². The van der Waals surface area contributed by atoms with E-state index in [4.69, 9.17) is 4.74 Å². The summed E-state index contributed by atoms with van der Waals surface area (Å²) >= 11 is 0. The van der Waals surface area contributed by atoms with Crippen LogP contribution in [0.25, 0.3) is 0 Å². The zero-order valence-corrected chi connectivity index (χ0v) is 13.9. The van der Waals surface area contributed by atoms with Gasteiger partial charge in [0.2, 0.25) is 0 Å². The molecule has 118 valence electrons. The monoisotopic (exact) mass is 290 g/mol. The number of ether oxygens (including phenoxy) is 1. The molecule has 0 saturated carbocycles. The molecule has 3 nitrogen and oxygen atoms in total. The van der Waals surface area contributed by atoms with Crippen LogP contribution in [0, 0.1) is 5.92 Å². The average molecular weight is 290 g/mol. The number of likely N-dealkylation sites (tertiary alicyclic amines) is 1. The number of nitrogens with one attached hydrogen (secondary N) is 1. The van der Waals surface area contributed by atoms with E-state index in [1.165, 1.54) is 31.4 Å². The Balaban J connectivity index is 2.32. The summed E-state index contributed by atoms with van der Waals surface area (Å²) in [6.07, 6.45) is 3.95. The van der Waals surface area contributed by atoms with E-state index in [9.17, 15) is 0 Å². The first-order valence-corrected chi connectivity index (χ1v) is 8.21. The predicted molar refractivity (Wildman–Crippen MR) is 88.8 cm³/mol. The molecule has 0 radical (unpaired) electrons. The Hall–Kier alpha value is -1.06. The molecule has 1 heterocycles. The molecule has 0 amide bonds. The summed E-state index contributed by atoms with van der Waals surface area (Å²) in [5, 5.41) is 3.40. The second-order valence-corrected chi connectivity index (χ2v) is 6.36. The molecule has 0 spiro atoms. The minimum absolute atomic E-state index is 0.505. The summed E-state index contributed by atoms with van der Waals surface area (Å²) in [6.45, 7) is 6.92. The molecule has 1 aliphatic rings. The molecule has 2 unspecified atom stereocenters. The van der Waals surface area contributed by atoms with Crippen LogP contribution in [0.15, 0.2) is 24.3 Å². The van der Waals surface area contributed by atoms with Crippen molar-refractivity contribution in [2.75, 3.05) is 27.2 Å². The number of methoxy groups -OCH3 is 1. The van der Waals surface area contributed by atoms with E-state index in [2.05, 4.69) is 55.4 Å². The maximum atomic E-state index is 5.30. The van der Waals surface area contributed by atoms with Gasteiger partial charge in [0.25, 0.3) is 0 Å². The lowest BCUT2D eigenvalue weighted by Gasteiger charge is -2.38. The Kier molecular flexibility index (Phi) is 6.07. The summed E-state index contributed by atoms with van der Waals surface area (Å²) in [5.41, 5.74) is 1.42.